The number of hydrogen-bond donors (Lipinski definition) is 2. The number of hydrogen-bond acceptors (Lipinski definition) is 2. The number of halogens is 1. The largest absolute Gasteiger partial charge is 0.338 e. The molecule has 2 aromatic carbocycles. The van der Waals surface area contributed by atoms with Crippen LogP contribution in [-0.4, -0.2) is 12.6 Å². The number of nitrogens with one attached hydrogen (secondary N) is 2. The molecule has 0 aromatic heterocycles. The van der Waals surface area contributed by atoms with Gasteiger partial charge >= 0.3 is 6.03 Å². The Morgan fingerprint density at radius 2 is 1.78 bits per heavy atom. The fourth-order valence-corrected chi connectivity index (χ4v) is 2.63. The van der Waals surface area contributed by atoms with Crippen molar-refractivity contribution in [1.82, 2.24) is 10.8 Å². The molecule has 0 bridgehead atoms. The standard InChI is InChI=1S/C18H19FN2O2/c19-16-9-5-4-8-15(16)18(10-11-18)13-20-17(22)21-23-12-14-6-2-1-3-7-14/h1-9H,10-13H2,(H2,20,21,22). The fraction of sp³-hybridized carbons (Fsp3) is 0.278. The molecule has 1 fully saturated rings. The molecule has 0 unspecified atom stereocenters. The van der Waals surface area contributed by atoms with Gasteiger partial charge in [0, 0.05) is 12.0 Å². The molecule has 1 saturated carbocycles. The van der Waals surface area contributed by atoms with Crippen molar-refractivity contribution in [3.63, 3.8) is 0 Å². The van der Waals surface area contributed by atoms with Gasteiger partial charge < -0.3 is 5.32 Å². The van der Waals surface area contributed by atoms with E-state index in [1.165, 1.54) is 6.07 Å². The van der Waals surface area contributed by atoms with Crippen molar-refractivity contribution in [1.29, 1.82) is 0 Å². The second-order valence-electron chi connectivity index (χ2n) is 5.82. The first-order chi connectivity index (χ1) is 11.2. The summed E-state index contributed by atoms with van der Waals surface area (Å²) in [6, 6.07) is 15.9. The maximum Gasteiger partial charge on any atom is 0.338 e. The van der Waals surface area contributed by atoms with Crippen LogP contribution in [0, 0.1) is 5.82 Å². The van der Waals surface area contributed by atoms with Crippen molar-refractivity contribution < 1.29 is 14.0 Å². The van der Waals surface area contributed by atoms with E-state index in [1.807, 2.05) is 36.4 Å². The van der Waals surface area contributed by atoms with Gasteiger partial charge in [-0.3, -0.25) is 4.84 Å². The van der Waals surface area contributed by atoms with Gasteiger partial charge in [-0.05, 0) is 30.0 Å². The zero-order valence-corrected chi connectivity index (χ0v) is 12.7. The van der Waals surface area contributed by atoms with Crippen molar-refractivity contribution in [2.24, 2.45) is 0 Å². The summed E-state index contributed by atoms with van der Waals surface area (Å²) in [5.74, 6) is -0.215. The molecule has 0 radical (unpaired) electrons. The van der Waals surface area contributed by atoms with Crippen LogP contribution < -0.4 is 10.8 Å². The Balaban J connectivity index is 1.45. The zero-order valence-electron chi connectivity index (χ0n) is 12.7. The molecule has 3 rings (SSSR count). The van der Waals surface area contributed by atoms with Crippen LogP contribution in [0.4, 0.5) is 9.18 Å². The molecule has 1 aliphatic rings. The van der Waals surface area contributed by atoms with Crippen molar-refractivity contribution in [3.8, 4) is 0 Å². The van der Waals surface area contributed by atoms with E-state index in [2.05, 4.69) is 10.8 Å². The van der Waals surface area contributed by atoms with Crippen molar-refractivity contribution >= 4 is 6.03 Å². The maximum absolute atomic E-state index is 13.9. The van der Waals surface area contributed by atoms with Crippen LogP contribution in [0.5, 0.6) is 0 Å². The Labute approximate surface area is 134 Å². The third kappa shape index (κ3) is 3.87. The number of rotatable bonds is 6. The quantitative estimate of drug-likeness (QED) is 0.804. The van der Waals surface area contributed by atoms with E-state index in [-0.39, 0.29) is 11.2 Å². The lowest BCUT2D eigenvalue weighted by molar-refractivity contribution is 0.0489. The van der Waals surface area contributed by atoms with Crippen LogP contribution in [0.15, 0.2) is 54.6 Å². The Hall–Kier alpha value is -2.40. The fourth-order valence-electron chi connectivity index (χ4n) is 2.63. The van der Waals surface area contributed by atoms with Gasteiger partial charge in [0.05, 0.1) is 6.61 Å². The molecule has 2 amide bonds. The number of urea groups is 1. The van der Waals surface area contributed by atoms with Gasteiger partial charge in [-0.1, -0.05) is 48.5 Å². The summed E-state index contributed by atoms with van der Waals surface area (Å²) in [5.41, 5.74) is 3.72. The second kappa shape index (κ2) is 6.79. The molecule has 5 heteroatoms. The summed E-state index contributed by atoms with van der Waals surface area (Å²) in [7, 11) is 0. The number of hydroxylamine groups is 1. The number of carbonyl (C=O) groups excluding carboxylic acids is 1. The minimum atomic E-state index is -0.413. The third-order valence-corrected chi connectivity index (χ3v) is 4.13. The van der Waals surface area contributed by atoms with Crippen LogP contribution in [-0.2, 0) is 16.9 Å². The first-order valence-corrected chi connectivity index (χ1v) is 7.64. The van der Waals surface area contributed by atoms with E-state index >= 15 is 0 Å². The summed E-state index contributed by atoms with van der Waals surface area (Å²) in [6.07, 6.45) is 1.75. The summed E-state index contributed by atoms with van der Waals surface area (Å²) >= 11 is 0. The molecular weight excluding hydrogens is 295 g/mol. The molecular formula is C18H19FN2O2. The van der Waals surface area contributed by atoms with Gasteiger partial charge in [-0.2, -0.15) is 0 Å². The molecule has 0 heterocycles. The molecule has 0 atom stereocenters. The molecule has 0 saturated heterocycles. The van der Waals surface area contributed by atoms with E-state index in [0.717, 1.165) is 18.4 Å². The first kappa shape index (κ1) is 15.5. The highest BCUT2D eigenvalue weighted by atomic mass is 19.1. The SMILES string of the molecule is O=C(NCC1(c2ccccc2F)CC1)NOCc1ccccc1. The van der Waals surface area contributed by atoms with Crippen LogP contribution in [0.2, 0.25) is 0 Å². The Kier molecular flexibility index (Phi) is 4.57. The molecule has 120 valence electrons. The van der Waals surface area contributed by atoms with Gasteiger partial charge in [0.1, 0.15) is 5.82 Å². The minimum absolute atomic E-state index is 0.215. The zero-order chi connectivity index (χ0) is 16.1. The van der Waals surface area contributed by atoms with E-state index in [9.17, 15) is 9.18 Å². The average Bonchev–Trinajstić information content (AvgIpc) is 3.35. The van der Waals surface area contributed by atoms with Gasteiger partial charge in [0.15, 0.2) is 0 Å². The van der Waals surface area contributed by atoms with E-state index in [4.69, 9.17) is 4.84 Å². The molecule has 1 aliphatic carbocycles. The molecule has 2 aromatic rings. The predicted octanol–water partition coefficient (Wildman–Crippen LogP) is 3.29. The van der Waals surface area contributed by atoms with Crippen LogP contribution in [0.3, 0.4) is 0 Å². The predicted molar refractivity (Wildman–Crippen MR) is 85.1 cm³/mol. The lowest BCUT2D eigenvalue weighted by atomic mass is 9.95. The van der Waals surface area contributed by atoms with E-state index < -0.39 is 6.03 Å². The number of benzene rings is 2. The summed E-state index contributed by atoms with van der Waals surface area (Å²) in [4.78, 5) is 16.9. The monoisotopic (exact) mass is 314 g/mol. The van der Waals surface area contributed by atoms with Crippen molar-refractivity contribution in [2.75, 3.05) is 6.54 Å². The van der Waals surface area contributed by atoms with Crippen LogP contribution in [0.1, 0.15) is 24.0 Å². The van der Waals surface area contributed by atoms with E-state index in [0.29, 0.717) is 18.7 Å². The molecule has 0 spiro atoms. The smallest absolute Gasteiger partial charge is 0.335 e. The maximum atomic E-state index is 13.9. The average molecular weight is 314 g/mol. The third-order valence-electron chi connectivity index (χ3n) is 4.13. The second-order valence-corrected chi connectivity index (χ2v) is 5.82. The van der Waals surface area contributed by atoms with Gasteiger partial charge in [-0.15, -0.1) is 0 Å². The first-order valence-electron chi connectivity index (χ1n) is 7.64. The highest BCUT2D eigenvalue weighted by molar-refractivity contribution is 5.72. The summed E-state index contributed by atoms with van der Waals surface area (Å²) in [5, 5.41) is 2.76. The van der Waals surface area contributed by atoms with Crippen LogP contribution >= 0.6 is 0 Å². The Morgan fingerprint density at radius 1 is 1.09 bits per heavy atom. The molecule has 0 aliphatic heterocycles. The summed E-state index contributed by atoms with van der Waals surface area (Å²) in [6.45, 7) is 0.696. The molecule has 23 heavy (non-hydrogen) atoms. The van der Waals surface area contributed by atoms with Crippen molar-refractivity contribution in [2.45, 2.75) is 24.9 Å². The molecule has 2 N–H and O–H groups in total. The van der Waals surface area contributed by atoms with Crippen LogP contribution in [0.25, 0.3) is 0 Å². The van der Waals surface area contributed by atoms with Gasteiger partial charge in [0.25, 0.3) is 0 Å². The number of amides is 2. The highest BCUT2D eigenvalue weighted by Gasteiger charge is 2.45. The van der Waals surface area contributed by atoms with E-state index in [1.54, 1.807) is 12.1 Å². The molecule has 4 nitrogen and oxygen atoms in total. The summed E-state index contributed by atoms with van der Waals surface area (Å²) < 4.78 is 13.9. The minimum Gasteiger partial charge on any atom is -0.335 e. The normalized spacial score (nSPS) is 15.0. The topological polar surface area (TPSA) is 50.4 Å². The lowest BCUT2D eigenvalue weighted by Crippen LogP contribution is -2.40. The number of carbonyl (C=O) groups is 1. The van der Waals surface area contributed by atoms with Gasteiger partial charge in [0.2, 0.25) is 0 Å². The van der Waals surface area contributed by atoms with Gasteiger partial charge in [-0.25, -0.2) is 14.7 Å². The Bertz CT molecular complexity index is 672. The Morgan fingerprint density at radius 3 is 2.48 bits per heavy atom. The lowest BCUT2D eigenvalue weighted by Gasteiger charge is -2.17. The highest BCUT2D eigenvalue weighted by Crippen LogP contribution is 2.48. The van der Waals surface area contributed by atoms with Crippen molar-refractivity contribution in [3.05, 3.63) is 71.5 Å².